The summed E-state index contributed by atoms with van der Waals surface area (Å²) in [6.45, 7) is 10.7. The van der Waals surface area contributed by atoms with Crippen LogP contribution in [-0.2, 0) is 12.0 Å². The fourth-order valence-electron chi connectivity index (χ4n) is 3.25. The highest BCUT2D eigenvalue weighted by Crippen LogP contribution is 2.30. The van der Waals surface area contributed by atoms with E-state index < -0.39 is 0 Å². The third kappa shape index (κ3) is 3.34. The fourth-order valence-corrected chi connectivity index (χ4v) is 3.25. The van der Waals surface area contributed by atoms with Crippen LogP contribution in [0.3, 0.4) is 0 Å². The molecule has 0 amide bonds. The monoisotopic (exact) mass is 349 g/mol. The van der Waals surface area contributed by atoms with E-state index in [2.05, 4.69) is 97.9 Å². The van der Waals surface area contributed by atoms with E-state index in [4.69, 9.17) is 0 Å². The quantitative estimate of drug-likeness (QED) is 0.708. The Morgan fingerprint density at radius 1 is 1.04 bits per heavy atom. The Morgan fingerprint density at radius 3 is 2.42 bits per heavy atom. The summed E-state index contributed by atoms with van der Waals surface area (Å²) in [5.74, 6) is 0.824. The van der Waals surface area contributed by atoms with E-state index in [1.54, 1.807) is 0 Å². The van der Waals surface area contributed by atoms with Crippen molar-refractivity contribution in [2.24, 2.45) is 0 Å². The predicted octanol–water partition coefficient (Wildman–Crippen LogP) is 4.58. The summed E-state index contributed by atoms with van der Waals surface area (Å²) in [7, 11) is 0. The highest BCUT2D eigenvalue weighted by Gasteiger charge is 2.32. The Hall–Kier alpha value is -2.69. The number of aromatic nitrogens is 4. The molecule has 5 nitrogen and oxygen atoms in total. The lowest BCUT2D eigenvalue weighted by molar-refractivity contribution is 0.474. The van der Waals surface area contributed by atoms with Crippen molar-refractivity contribution in [3.05, 3.63) is 65.0 Å². The summed E-state index contributed by atoms with van der Waals surface area (Å²) in [5, 5.41) is 16.4. The van der Waals surface area contributed by atoms with Crippen molar-refractivity contribution in [3.63, 3.8) is 0 Å². The lowest BCUT2D eigenvalue weighted by atomic mass is 9.96. The van der Waals surface area contributed by atoms with Gasteiger partial charge in [-0.3, -0.25) is 0 Å². The first-order chi connectivity index (χ1) is 12.5. The Balaban J connectivity index is 2.07. The van der Waals surface area contributed by atoms with Gasteiger partial charge in [0.25, 0.3) is 0 Å². The van der Waals surface area contributed by atoms with Gasteiger partial charge >= 0.3 is 0 Å². The van der Waals surface area contributed by atoms with Crippen LogP contribution in [0.2, 0.25) is 0 Å². The van der Waals surface area contributed by atoms with E-state index in [1.807, 2.05) is 4.68 Å². The molecule has 2 aromatic carbocycles. The van der Waals surface area contributed by atoms with Gasteiger partial charge in [0.2, 0.25) is 0 Å². The van der Waals surface area contributed by atoms with Crippen LogP contribution in [0.1, 0.15) is 49.7 Å². The first kappa shape index (κ1) is 18.1. The van der Waals surface area contributed by atoms with Crippen LogP contribution in [0.25, 0.3) is 5.69 Å². The second kappa shape index (κ2) is 7.28. The lowest BCUT2D eigenvalue weighted by Gasteiger charge is -2.30. The third-order valence-corrected chi connectivity index (χ3v) is 5.06. The molecule has 1 aromatic heterocycles. The number of anilines is 1. The minimum Gasteiger partial charge on any atom is -0.373 e. The lowest BCUT2D eigenvalue weighted by Crippen LogP contribution is -2.35. The molecule has 0 spiro atoms. The van der Waals surface area contributed by atoms with Gasteiger partial charge in [0.15, 0.2) is 5.82 Å². The molecule has 0 saturated carbocycles. The van der Waals surface area contributed by atoms with Crippen LogP contribution in [0.4, 0.5) is 5.69 Å². The maximum atomic E-state index is 4.41. The van der Waals surface area contributed by atoms with Crippen molar-refractivity contribution in [2.45, 2.75) is 53.0 Å². The molecule has 0 aliphatic heterocycles. The van der Waals surface area contributed by atoms with Gasteiger partial charge in [-0.05, 0) is 67.3 Å². The number of hydrogen-bond donors (Lipinski definition) is 1. The van der Waals surface area contributed by atoms with Crippen molar-refractivity contribution in [1.82, 2.24) is 20.2 Å². The molecular formula is C21H27N5. The van der Waals surface area contributed by atoms with E-state index in [9.17, 15) is 0 Å². The molecule has 1 N–H and O–H groups in total. The Bertz CT molecular complexity index is 882. The zero-order chi connectivity index (χ0) is 18.7. The summed E-state index contributed by atoms with van der Waals surface area (Å²) >= 11 is 0. The summed E-state index contributed by atoms with van der Waals surface area (Å²) in [6.07, 6.45) is 1.79. The van der Waals surface area contributed by atoms with Crippen molar-refractivity contribution >= 4 is 5.69 Å². The maximum absolute atomic E-state index is 4.41. The van der Waals surface area contributed by atoms with E-state index >= 15 is 0 Å². The van der Waals surface area contributed by atoms with Crippen molar-refractivity contribution < 1.29 is 0 Å². The number of aryl methyl sites for hydroxylation is 3. The van der Waals surface area contributed by atoms with Crippen LogP contribution < -0.4 is 5.32 Å². The number of rotatable bonds is 6. The molecule has 1 unspecified atom stereocenters. The van der Waals surface area contributed by atoms with Gasteiger partial charge in [0.1, 0.15) is 0 Å². The molecule has 0 bridgehead atoms. The molecular weight excluding hydrogens is 322 g/mol. The maximum Gasteiger partial charge on any atom is 0.181 e. The van der Waals surface area contributed by atoms with Gasteiger partial charge in [-0.2, -0.15) is 4.68 Å². The fraction of sp³-hybridized carbons (Fsp3) is 0.381. The van der Waals surface area contributed by atoms with Crippen molar-refractivity contribution in [2.75, 3.05) is 5.32 Å². The Labute approximate surface area is 155 Å². The number of nitrogens with zero attached hydrogens (tertiary/aromatic N) is 4. The zero-order valence-electron chi connectivity index (χ0n) is 16.2. The van der Waals surface area contributed by atoms with Gasteiger partial charge in [0, 0.05) is 5.69 Å². The molecule has 0 aliphatic rings. The van der Waals surface area contributed by atoms with Gasteiger partial charge in [-0.1, -0.05) is 49.7 Å². The van der Waals surface area contributed by atoms with Crippen LogP contribution in [0.15, 0.2) is 42.5 Å². The highest BCUT2D eigenvalue weighted by atomic mass is 15.6. The van der Waals surface area contributed by atoms with Crippen LogP contribution >= 0.6 is 0 Å². The second-order valence-corrected chi connectivity index (χ2v) is 7.03. The molecule has 5 heteroatoms. The van der Waals surface area contributed by atoms with Gasteiger partial charge in [-0.15, -0.1) is 5.10 Å². The van der Waals surface area contributed by atoms with Crippen molar-refractivity contribution in [3.8, 4) is 5.69 Å². The minimum atomic E-state index is -0.383. The molecule has 1 atom stereocenters. The topological polar surface area (TPSA) is 55.6 Å². The number of hydrogen-bond acceptors (Lipinski definition) is 4. The number of benzene rings is 2. The average Bonchev–Trinajstić information content (AvgIpc) is 3.13. The average molecular weight is 349 g/mol. The van der Waals surface area contributed by atoms with Gasteiger partial charge in [0.05, 0.1) is 11.2 Å². The van der Waals surface area contributed by atoms with Crippen molar-refractivity contribution in [1.29, 1.82) is 0 Å². The molecule has 0 aliphatic carbocycles. The second-order valence-electron chi connectivity index (χ2n) is 7.03. The van der Waals surface area contributed by atoms with E-state index in [0.29, 0.717) is 0 Å². The molecule has 3 rings (SSSR count). The van der Waals surface area contributed by atoms with E-state index in [-0.39, 0.29) is 5.54 Å². The molecule has 0 radical (unpaired) electrons. The molecule has 0 saturated heterocycles. The minimum absolute atomic E-state index is 0.383. The number of para-hydroxylation sites is 1. The molecule has 136 valence electrons. The SMILES string of the molecule is CCc1cccc(C)c1-n1nnnc1C(C)(CC)Nc1ccc(C)cc1. The first-order valence-electron chi connectivity index (χ1n) is 9.21. The summed E-state index contributed by atoms with van der Waals surface area (Å²) < 4.78 is 1.90. The van der Waals surface area contributed by atoms with E-state index in [0.717, 1.165) is 30.0 Å². The zero-order valence-corrected chi connectivity index (χ0v) is 16.2. The number of tetrazole rings is 1. The van der Waals surface area contributed by atoms with Crippen LogP contribution in [-0.4, -0.2) is 20.2 Å². The Kier molecular flexibility index (Phi) is 5.07. The molecule has 1 heterocycles. The molecule has 3 aromatic rings. The smallest absolute Gasteiger partial charge is 0.181 e. The summed E-state index contributed by atoms with van der Waals surface area (Å²) in [5.41, 5.74) is 5.42. The third-order valence-electron chi connectivity index (χ3n) is 5.06. The number of nitrogens with one attached hydrogen (secondary N) is 1. The largest absolute Gasteiger partial charge is 0.373 e. The molecule has 26 heavy (non-hydrogen) atoms. The van der Waals surface area contributed by atoms with Gasteiger partial charge in [-0.25, -0.2) is 0 Å². The summed E-state index contributed by atoms with van der Waals surface area (Å²) in [4.78, 5) is 0. The Morgan fingerprint density at radius 2 is 1.77 bits per heavy atom. The van der Waals surface area contributed by atoms with Crippen LogP contribution in [0, 0.1) is 13.8 Å². The normalized spacial score (nSPS) is 13.4. The first-order valence-corrected chi connectivity index (χ1v) is 9.21. The predicted molar refractivity (Wildman–Crippen MR) is 106 cm³/mol. The summed E-state index contributed by atoms with van der Waals surface area (Å²) in [6, 6.07) is 14.8. The molecule has 0 fully saturated rings. The van der Waals surface area contributed by atoms with Crippen LogP contribution in [0.5, 0.6) is 0 Å². The highest BCUT2D eigenvalue weighted by molar-refractivity contribution is 5.50. The van der Waals surface area contributed by atoms with E-state index in [1.165, 1.54) is 16.7 Å². The van der Waals surface area contributed by atoms with Gasteiger partial charge < -0.3 is 5.32 Å². The standard InChI is InChI=1S/C21H27N5/c1-6-17-10-8-9-16(4)19(17)26-20(23-24-25-26)21(5,7-2)22-18-13-11-15(3)12-14-18/h8-14,22H,6-7H2,1-5H3.